The van der Waals surface area contributed by atoms with Crippen LogP contribution in [-0.2, 0) is 0 Å². The molecule has 4 heteroatoms. The van der Waals surface area contributed by atoms with Gasteiger partial charge in [-0.2, -0.15) is 0 Å². The molecule has 2 heterocycles. The monoisotopic (exact) mass is 271 g/mol. The number of halogens is 2. The summed E-state index contributed by atoms with van der Waals surface area (Å²) in [6, 6.07) is 5.30. The van der Waals surface area contributed by atoms with E-state index in [4.69, 9.17) is 16.7 Å². The number of aromatic hydroxyl groups is 1. The topological polar surface area (TPSA) is 32.3 Å². The van der Waals surface area contributed by atoms with Crippen LogP contribution in [0.2, 0.25) is 5.02 Å². The van der Waals surface area contributed by atoms with Crippen molar-refractivity contribution in [2.75, 3.05) is 0 Å². The Morgan fingerprint density at radius 2 is 1.67 bits per heavy atom. The van der Waals surface area contributed by atoms with Crippen LogP contribution in [-0.4, -0.2) is 17.2 Å². The molecule has 2 nitrogen and oxygen atoms in total. The molecule has 0 radical (unpaired) electrons. The predicted octanol–water partition coefficient (Wildman–Crippen LogP) is 3.87. The molecule has 1 aromatic carbocycles. The highest BCUT2D eigenvalue weighted by molar-refractivity contribution is 6.30. The Morgan fingerprint density at radius 1 is 1.11 bits per heavy atom. The van der Waals surface area contributed by atoms with Crippen LogP contribution in [0.5, 0.6) is 5.75 Å². The van der Waals surface area contributed by atoms with Gasteiger partial charge in [-0.1, -0.05) is 24.4 Å². The zero-order valence-electron chi connectivity index (χ0n) is 10.3. The van der Waals surface area contributed by atoms with Crippen molar-refractivity contribution in [3.8, 4) is 5.75 Å². The molecule has 0 aliphatic carbocycles. The van der Waals surface area contributed by atoms with Gasteiger partial charge in [0.2, 0.25) is 0 Å². The van der Waals surface area contributed by atoms with Crippen molar-refractivity contribution in [2.24, 2.45) is 0 Å². The van der Waals surface area contributed by atoms with Crippen molar-refractivity contribution in [1.82, 2.24) is 5.32 Å². The van der Waals surface area contributed by atoms with E-state index >= 15 is 0 Å². The number of phenolic OH excluding ortho intramolecular Hbond substituents is 1. The van der Waals surface area contributed by atoms with Gasteiger partial charge in [-0.15, -0.1) is 0 Å². The van der Waals surface area contributed by atoms with Gasteiger partial charge in [0.1, 0.15) is 11.6 Å². The van der Waals surface area contributed by atoms with Crippen molar-refractivity contribution in [2.45, 2.75) is 50.6 Å². The molecular formula is C14H19ClFNO. The number of hydrogen-bond donors (Lipinski definition) is 2. The summed E-state index contributed by atoms with van der Waals surface area (Å²) in [6.45, 7) is 0. The summed E-state index contributed by atoms with van der Waals surface area (Å²) >= 11 is 5.28. The van der Waals surface area contributed by atoms with E-state index in [2.05, 4.69) is 5.32 Å². The molecule has 2 fully saturated rings. The lowest BCUT2D eigenvalue weighted by Gasteiger charge is -2.35. The van der Waals surface area contributed by atoms with Crippen LogP contribution in [0, 0.1) is 5.82 Å². The highest BCUT2D eigenvalue weighted by Crippen LogP contribution is 2.24. The lowest BCUT2D eigenvalue weighted by atomic mass is 9.87. The average Bonchev–Trinajstić information content (AvgIpc) is 2.35. The van der Waals surface area contributed by atoms with Crippen molar-refractivity contribution in [3.63, 3.8) is 0 Å². The van der Waals surface area contributed by atoms with Crippen LogP contribution < -0.4 is 5.32 Å². The van der Waals surface area contributed by atoms with Gasteiger partial charge >= 0.3 is 0 Å². The summed E-state index contributed by atoms with van der Waals surface area (Å²) in [5.41, 5.74) is 0. The molecule has 0 amide bonds. The van der Waals surface area contributed by atoms with Gasteiger partial charge in [-0.25, -0.2) is 4.39 Å². The van der Waals surface area contributed by atoms with Crippen molar-refractivity contribution in [3.05, 3.63) is 29.0 Å². The molecule has 1 aromatic rings. The molecule has 2 aliphatic heterocycles. The fraction of sp³-hybridized carbons (Fsp3) is 0.571. The van der Waals surface area contributed by atoms with E-state index in [1.165, 1.54) is 44.6 Å². The Labute approximate surface area is 112 Å². The number of rotatable bonds is 0. The van der Waals surface area contributed by atoms with E-state index in [0.717, 1.165) is 24.2 Å². The minimum Gasteiger partial charge on any atom is -0.508 e. The maximum Gasteiger partial charge on any atom is 0.142 e. The van der Waals surface area contributed by atoms with Gasteiger partial charge in [0.15, 0.2) is 0 Å². The zero-order chi connectivity index (χ0) is 13.0. The highest BCUT2D eigenvalue weighted by Gasteiger charge is 2.24. The molecule has 0 spiro atoms. The second-order valence-corrected chi connectivity index (χ2v) is 5.43. The first-order valence-corrected chi connectivity index (χ1v) is 6.93. The Morgan fingerprint density at radius 3 is 2.06 bits per heavy atom. The third-order valence-electron chi connectivity index (χ3n) is 3.58. The van der Waals surface area contributed by atoms with Crippen LogP contribution in [0.4, 0.5) is 4.39 Å². The lowest BCUT2D eigenvalue weighted by Crippen LogP contribution is -2.45. The SMILES string of the molecule is C1CC2CCCC(C1)N2.Oc1ccc(F)c(Cl)c1. The minimum atomic E-state index is -0.519. The maximum absolute atomic E-state index is 12.3. The number of phenols is 1. The first-order valence-electron chi connectivity index (χ1n) is 6.55. The first-order chi connectivity index (χ1) is 8.65. The second-order valence-electron chi connectivity index (χ2n) is 5.02. The molecule has 100 valence electrons. The summed E-state index contributed by atoms with van der Waals surface area (Å²) < 4.78 is 12.3. The summed E-state index contributed by atoms with van der Waals surface area (Å²) in [5.74, 6) is -0.545. The van der Waals surface area contributed by atoms with Gasteiger partial charge in [0.25, 0.3) is 0 Å². The molecule has 0 saturated carbocycles. The Balaban J connectivity index is 0.000000134. The normalized spacial score (nSPS) is 26.1. The van der Waals surface area contributed by atoms with Crippen LogP contribution in [0.1, 0.15) is 38.5 Å². The van der Waals surface area contributed by atoms with Gasteiger partial charge in [-0.3, -0.25) is 0 Å². The number of piperidine rings is 2. The fourth-order valence-corrected chi connectivity index (χ4v) is 2.84. The highest BCUT2D eigenvalue weighted by atomic mass is 35.5. The molecule has 0 aromatic heterocycles. The van der Waals surface area contributed by atoms with E-state index in [1.807, 2.05) is 0 Å². The van der Waals surface area contributed by atoms with Crippen LogP contribution >= 0.6 is 11.6 Å². The van der Waals surface area contributed by atoms with E-state index in [0.29, 0.717) is 0 Å². The lowest BCUT2D eigenvalue weighted by molar-refractivity contribution is 0.243. The first kappa shape index (κ1) is 13.6. The Kier molecular flexibility index (Phi) is 4.84. The zero-order valence-corrected chi connectivity index (χ0v) is 11.1. The van der Waals surface area contributed by atoms with Crippen LogP contribution in [0.15, 0.2) is 18.2 Å². The third kappa shape index (κ3) is 3.85. The molecule has 18 heavy (non-hydrogen) atoms. The summed E-state index contributed by atoms with van der Waals surface area (Å²) in [7, 11) is 0. The van der Waals surface area contributed by atoms with Crippen LogP contribution in [0.3, 0.4) is 0 Å². The third-order valence-corrected chi connectivity index (χ3v) is 3.87. The molecule has 2 saturated heterocycles. The number of fused-ring (bicyclic) bond motifs is 2. The van der Waals surface area contributed by atoms with Gasteiger partial charge in [0, 0.05) is 18.2 Å². The molecule has 2 bridgehead atoms. The van der Waals surface area contributed by atoms with E-state index in [-0.39, 0.29) is 10.8 Å². The molecule has 0 unspecified atom stereocenters. The van der Waals surface area contributed by atoms with E-state index in [1.54, 1.807) is 0 Å². The quantitative estimate of drug-likeness (QED) is 0.751. The molecule has 0 atom stereocenters. The molecular weight excluding hydrogens is 253 g/mol. The van der Waals surface area contributed by atoms with Crippen molar-refractivity contribution in [1.29, 1.82) is 0 Å². The second kappa shape index (κ2) is 6.39. The molecule has 2 aliphatic rings. The molecule has 3 rings (SSSR count). The predicted molar refractivity (Wildman–Crippen MR) is 71.5 cm³/mol. The van der Waals surface area contributed by atoms with Gasteiger partial charge in [0.05, 0.1) is 5.02 Å². The summed E-state index contributed by atoms with van der Waals surface area (Å²) in [4.78, 5) is 0. The molecule has 2 N–H and O–H groups in total. The van der Waals surface area contributed by atoms with Gasteiger partial charge in [-0.05, 0) is 37.8 Å². The van der Waals surface area contributed by atoms with Gasteiger partial charge < -0.3 is 10.4 Å². The van der Waals surface area contributed by atoms with E-state index in [9.17, 15) is 4.39 Å². The average molecular weight is 272 g/mol. The fourth-order valence-electron chi connectivity index (χ4n) is 2.66. The van der Waals surface area contributed by atoms with E-state index < -0.39 is 5.82 Å². The van der Waals surface area contributed by atoms with Crippen molar-refractivity contribution >= 4 is 11.6 Å². The number of benzene rings is 1. The van der Waals surface area contributed by atoms with Crippen molar-refractivity contribution < 1.29 is 9.50 Å². The standard InChI is InChI=1S/C8H15N.C6H4ClFO/c1-3-7-5-2-6-8(4-1)9-7;7-5-3-4(9)1-2-6(5)8/h7-9H,1-6H2;1-3,9H. The number of nitrogens with one attached hydrogen (secondary N) is 1. The van der Waals surface area contributed by atoms with Crippen LogP contribution in [0.25, 0.3) is 0 Å². The Bertz CT molecular complexity index is 379. The maximum atomic E-state index is 12.3. The largest absolute Gasteiger partial charge is 0.508 e. The minimum absolute atomic E-state index is 0.0265. The summed E-state index contributed by atoms with van der Waals surface area (Å²) in [6.07, 6.45) is 8.71. The smallest absolute Gasteiger partial charge is 0.142 e. The Hall–Kier alpha value is -0.800. The number of hydrogen-bond acceptors (Lipinski definition) is 2. The summed E-state index contributed by atoms with van der Waals surface area (Å²) in [5, 5.41) is 12.3.